The van der Waals surface area contributed by atoms with E-state index in [0.29, 0.717) is 10.6 Å². The number of halogens is 1. The molecule has 2 aromatic rings. The Morgan fingerprint density at radius 1 is 1.17 bits per heavy atom. The van der Waals surface area contributed by atoms with Crippen LogP contribution in [-0.4, -0.2) is 17.0 Å². The summed E-state index contributed by atoms with van der Waals surface area (Å²) in [4.78, 5) is 15.4. The van der Waals surface area contributed by atoms with Crippen molar-refractivity contribution < 1.29 is 9.90 Å². The topological polar surface area (TPSA) is 102 Å². The van der Waals surface area contributed by atoms with Gasteiger partial charge < -0.3 is 16.6 Å². The lowest BCUT2D eigenvalue weighted by atomic mass is 9.98. The maximum atomic E-state index is 11.8. The fourth-order valence-corrected chi connectivity index (χ4v) is 2.37. The Morgan fingerprint density at radius 2 is 1.87 bits per heavy atom. The van der Waals surface area contributed by atoms with Crippen LogP contribution in [0.5, 0.6) is 5.75 Å². The van der Waals surface area contributed by atoms with E-state index in [1.807, 2.05) is 24.3 Å². The van der Waals surface area contributed by atoms with E-state index in [4.69, 9.17) is 23.1 Å². The summed E-state index contributed by atoms with van der Waals surface area (Å²) in [5.74, 6) is -0.694. The highest BCUT2D eigenvalue weighted by Crippen LogP contribution is 2.33. The second-order valence-corrected chi connectivity index (χ2v) is 5.33. The number of benzene rings is 2. The number of rotatable bonds is 3. The lowest BCUT2D eigenvalue weighted by Crippen LogP contribution is -2.24. The Balaban J connectivity index is 2.50. The van der Waals surface area contributed by atoms with Crippen molar-refractivity contribution in [2.24, 2.45) is 16.5 Å². The highest BCUT2D eigenvalue weighted by molar-refractivity contribution is 6.33. The average molecular weight is 330 g/mol. The molecule has 2 rings (SSSR count). The summed E-state index contributed by atoms with van der Waals surface area (Å²) in [6.45, 7) is 1.63. The molecule has 5 N–H and O–H groups in total. The van der Waals surface area contributed by atoms with Gasteiger partial charge in [0.05, 0.1) is 5.02 Å². The predicted octanol–water partition coefficient (Wildman–Crippen LogP) is 2.92. The van der Waals surface area contributed by atoms with Gasteiger partial charge >= 0.3 is 0 Å². The molecule has 0 spiro atoms. The van der Waals surface area contributed by atoms with Crippen molar-refractivity contribution >= 4 is 29.5 Å². The zero-order valence-corrected chi connectivity index (χ0v) is 13.2. The number of guanidine groups is 1. The molecule has 0 unspecified atom stereocenters. The van der Waals surface area contributed by atoms with E-state index >= 15 is 0 Å². The van der Waals surface area contributed by atoms with Crippen molar-refractivity contribution in [3.05, 3.63) is 58.6 Å². The number of carbonyl (C=O) groups is 1. The van der Waals surface area contributed by atoms with E-state index < -0.39 is 5.91 Å². The predicted molar refractivity (Wildman–Crippen MR) is 93.0 cm³/mol. The fraction of sp³-hybridized carbons (Fsp3) is 0.0588. The van der Waals surface area contributed by atoms with Gasteiger partial charge in [0.2, 0.25) is 0 Å². The third-order valence-electron chi connectivity index (χ3n) is 3.14. The zero-order valence-electron chi connectivity index (χ0n) is 12.5. The van der Waals surface area contributed by atoms with E-state index in [1.54, 1.807) is 25.1 Å². The van der Waals surface area contributed by atoms with Crippen molar-refractivity contribution in [1.82, 2.24) is 0 Å². The molecule has 6 heteroatoms. The van der Waals surface area contributed by atoms with Crippen molar-refractivity contribution in [3.8, 4) is 16.9 Å². The number of hydrogen-bond acceptors (Lipinski definition) is 2. The first-order valence-electron chi connectivity index (χ1n) is 6.78. The van der Waals surface area contributed by atoms with E-state index in [-0.39, 0.29) is 11.7 Å². The smallest absolute Gasteiger partial charge is 0.275 e. The summed E-state index contributed by atoms with van der Waals surface area (Å²) >= 11 is 6.20. The van der Waals surface area contributed by atoms with Crippen molar-refractivity contribution in [2.45, 2.75) is 6.92 Å². The van der Waals surface area contributed by atoms with Crippen molar-refractivity contribution in [3.63, 3.8) is 0 Å². The number of nitrogens with zero attached hydrogens (tertiary/aromatic N) is 1. The minimum absolute atomic E-state index is 0.0888. The number of aliphatic imine (C=N–C) groups is 1. The molecule has 0 saturated carbocycles. The highest BCUT2D eigenvalue weighted by atomic mass is 35.5. The van der Waals surface area contributed by atoms with Crippen molar-refractivity contribution in [1.29, 1.82) is 0 Å². The van der Waals surface area contributed by atoms with Crippen LogP contribution in [0.1, 0.15) is 12.5 Å². The molecule has 118 valence electrons. The number of phenols is 1. The van der Waals surface area contributed by atoms with Gasteiger partial charge in [0.25, 0.3) is 5.91 Å². The fourth-order valence-electron chi connectivity index (χ4n) is 2.09. The van der Waals surface area contributed by atoms with Gasteiger partial charge in [-0.2, -0.15) is 4.99 Å². The van der Waals surface area contributed by atoms with Crippen LogP contribution in [0.2, 0.25) is 5.02 Å². The van der Waals surface area contributed by atoms with Gasteiger partial charge in [0.15, 0.2) is 5.96 Å². The summed E-state index contributed by atoms with van der Waals surface area (Å²) in [5.41, 5.74) is 13.2. The zero-order chi connectivity index (χ0) is 17.0. The Bertz CT molecular complexity index is 809. The molecule has 0 saturated heterocycles. The van der Waals surface area contributed by atoms with E-state index in [2.05, 4.69) is 4.99 Å². The van der Waals surface area contributed by atoms with Crippen LogP contribution in [-0.2, 0) is 4.79 Å². The van der Waals surface area contributed by atoms with Gasteiger partial charge in [0, 0.05) is 11.1 Å². The molecule has 0 aliphatic heterocycles. The summed E-state index contributed by atoms with van der Waals surface area (Å²) in [7, 11) is 0. The monoisotopic (exact) mass is 329 g/mol. The van der Waals surface area contributed by atoms with Gasteiger partial charge in [-0.15, -0.1) is 0 Å². The summed E-state index contributed by atoms with van der Waals surface area (Å²) in [5, 5.41) is 9.89. The molecule has 0 fully saturated rings. The van der Waals surface area contributed by atoms with Crippen LogP contribution in [0, 0.1) is 0 Å². The van der Waals surface area contributed by atoms with Gasteiger partial charge in [-0.1, -0.05) is 35.9 Å². The third-order valence-corrected chi connectivity index (χ3v) is 3.46. The van der Waals surface area contributed by atoms with Crippen LogP contribution in [0.25, 0.3) is 17.2 Å². The lowest BCUT2D eigenvalue weighted by Gasteiger charge is -2.09. The summed E-state index contributed by atoms with van der Waals surface area (Å²) in [6.07, 6.45) is 1.69. The standard InChI is InChI=1S/C17H16ClN3O2/c1-10(16(23)21-17(19)20)8-11-4-2-3-5-13(11)14-7-6-12(22)9-15(14)18/h2-9,22H,1H3,(H4,19,20,21,23). The number of amides is 1. The first-order chi connectivity index (χ1) is 10.9. The quantitative estimate of drug-likeness (QED) is 0.457. The summed E-state index contributed by atoms with van der Waals surface area (Å²) < 4.78 is 0. The van der Waals surface area contributed by atoms with Crippen LogP contribution in [0.3, 0.4) is 0 Å². The molecule has 0 atom stereocenters. The molecule has 1 amide bonds. The van der Waals surface area contributed by atoms with Gasteiger partial charge in [-0.25, -0.2) is 0 Å². The number of phenolic OH excluding ortho intramolecular Hbond substituents is 1. The van der Waals surface area contributed by atoms with Crippen molar-refractivity contribution in [2.75, 3.05) is 0 Å². The van der Waals surface area contributed by atoms with Crippen LogP contribution < -0.4 is 11.5 Å². The lowest BCUT2D eigenvalue weighted by molar-refractivity contribution is -0.114. The highest BCUT2D eigenvalue weighted by Gasteiger charge is 2.10. The summed E-state index contributed by atoms with van der Waals surface area (Å²) in [6, 6.07) is 12.2. The molecule has 0 aromatic heterocycles. The molecule has 5 nitrogen and oxygen atoms in total. The van der Waals surface area contributed by atoms with E-state index in [0.717, 1.165) is 16.7 Å². The average Bonchev–Trinajstić information content (AvgIpc) is 2.47. The molecule has 23 heavy (non-hydrogen) atoms. The van der Waals surface area contributed by atoms with Crippen LogP contribution >= 0.6 is 11.6 Å². The Hall–Kier alpha value is -2.79. The molecule has 0 aliphatic rings. The Labute approximate surface area is 138 Å². The number of hydrogen-bond donors (Lipinski definition) is 3. The van der Waals surface area contributed by atoms with Gasteiger partial charge in [0.1, 0.15) is 5.75 Å². The molecule has 2 aromatic carbocycles. The minimum Gasteiger partial charge on any atom is -0.508 e. The molecule has 0 aliphatic carbocycles. The number of nitrogens with two attached hydrogens (primary N) is 2. The Morgan fingerprint density at radius 3 is 2.52 bits per heavy atom. The minimum atomic E-state index is -0.503. The molecule has 0 radical (unpaired) electrons. The number of aromatic hydroxyl groups is 1. The first-order valence-corrected chi connectivity index (χ1v) is 7.16. The molecular formula is C17H16ClN3O2. The molecule has 0 heterocycles. The second-order valence-electron chi connectivity index (χ2n) is 4.92. The van der Waals surface area contributed by atoms with Crippen LogP contribution in [0.4, 0.5) is 0 Å². The normalized spacial score (nSPS) is 11.1. The molecular weight excluding hydrogens is 314 g/mol. The second kappa shape index (κ2) is 6.98. The first kappa shape index (κ1) is 16.6. The maximum Gasteiger partial charge on any atom is 0.275 e. The maximum absolute atomic E-state index is 11.8. The number of carbonyl (C=O) groups excluding carboxylic acids is 1. The van der Waals surface area contributed by atoms with Gasteiger partial charge in [-0.3, -0.25) is 4.79 Å². The Kier molecular flexibility index (Phi) is 5.03. The largest absolute Gasteiger partial charge is 0.508 e. The van der Waals surface area contributed by atoms with E-state index in [1.165, 1.54) is 6.07 Å². The van der Waals surface area contributed by atoms with Crippen LogP contribution in [0.15, 0.2) is 53.0 Å². The van der Waals surface area contributed by atoms with Gasteiger partial charge in [-0.05, 0) is 42.3 Å². The van der Waals surface area contributed by atoms with E-state index in [9.17, 15) is 9.90 Å². The molecule has 0 bridgehead atoms. The third kappa shape index (κ3) is 4.11. The SMILES string of the molecule is CC(=Cc1ccccc1-c1ccc(O)cc1Cl)C(=O)N=C(N)N.